The van der Waals surface area contributed by atoms with Crippen molar-refractivity contribution in [2.24, 2.45) is 0 Å². The number of nitrogens with one attached hydrogen (secondary N) is 4. The first-order chi connectivity index (χ1) is 21.6. The van der Waals surface area contributed by atoms with Crippen LogP contribution >= 0.6 is 0 Å². The van der Waals surface area contributed by atoms with E-state index in [0.717, 1.165) is 0 Å². The average molecular weight is 669 g/mol. The first-order valence-electron chi connectivity index (χ1n) is 18.3. The van der Waals surface area contributed by atoms with Gasteiger partial charge in [0, 0.05) is 30.6 Å². The summed E-state index contributed by atoms with van der Waals surface area (Å²) in [5, 5.41) is 28.8. The molecule has 0 spiro atoms. The van der Waals surface area contributed by atoms with Gasteiger partial charge in [-0.25, -0.2) is 0 Å². The zero-order chi connectivity index (χ0) is 38.4. The van der Waals surface area contributed by atoms with Crippen LogP contribution in [-0.4, -0.2) is 102 Å². The maximum Gasteiger partial charge on any atom is 0.309 e. The van der Waals surface area contributed by atoms with Gasteiger partial charge >= 0.3 is 11.8 Å². The molecule has 0 aliphatic heterocycles. The minimum Gasteiger partial charge on any atom is -0.415 e. The normalized spacial score (nSPS) is 17.5. The summed E-state index contributed by atoms with van der Waals surface area (Å²) in [6.07, 6.45) is 2.39. The van der Waals surface area contributed by atoms with Crippen LogP contribution in [0.2, 0.25) is 36.3 Å². The van der Waals surface area contributed by atoms with Gasteiger partial charge in [-0.1, -0.05) is 69.2 Å². The lowest BCUT2D eigenvalue weighted by molar-refractivity contribution is -0.140. The second-order valence-electron chi connectivity index (χ2n) is 14.4. The molecule has 0 aromatic carbocycles. The Kier molecular flexibility index (Phi) is 18.7. The van der Waals surface area contributed by atoms with E-state index in [0.29, 0.717) is 38.9 Å². The number of hydrogen-bond acceptors (Lipinski definition) is 8. The van der Waals surface area contributed by atoms with Crippen LogP contribution in [-0.2, 0) is 18.4 Å². The highest BCUT2D eigenvalue weighted by molar-refractivity contribution is 6.74. The molecule has 0 aromatic rings. The lowest BCUT2D eigenvalue weighted by Crippen LogP contribution is -2.52. The van der Waals surface area contributed by atoms with Gasteiger partial charge in [0.15, 0.2) is 16.6 Å². The molecule has 0 radical (unpaired) electrons. The number of amides is 2. The Labute approximate surface area is 278 Å². The van der Waals surface area contributed by atoms with Crippen LogP contribution in [0, 0.1) is 0 Å². The van der Waals surface area contributed by atoms with Crippen molar-refractivity contribution < 1.29 is 34.1 Å². The predicted molar refractivity (Wildman–Crippen MR) is 189 cm³/mol. The Morgan fingerprint density at radius 1 is 0.636 bits per heavy atom. The van der Waals surface area contributed by atoms with Crippen molar-refractivity contribution in [1.82, 2.24) is 21.3 Å². The monoisotopic (exact) mass is 669 g/mol. The van der Waals surface area contributed by atoms with Crippen LogP contribution in [0.15, 0.2) is 0 Å². The second-order valence-corrected chi connectivity index (χ2v) is 24.0. The van der Waals surface area contributed by atoms with E-state index < -0.39 is 53.5 Å². The van der Waals surface area contributed by atoms with E-state index in [4.69, 9.17) is 24.5 Å². The SMILES string of the molecule is CC[C@@H](CO[Si](C)(C)C(C)(C)C)NC(=O)C(=O)N[C@@H](CC)CO[Si](C)(C)C(C)(C)C.[2H]C([2H])(N[C@@H](CC)CO)C([2H])([2H])N[C@@H](CC)CO. The quantitative estimate of drug-likeness (QED) is 0.0872. The van der Waals surface area contributed by atoms with Crippen LogP contribution in [0.1, 0.15) is 100 Å². The van der Waals surface area contributed by atoms with Crippen LogP contribution < -0.4 is 21.3 Å². The van der Waals surface area contributed by atoms with Crippen molar-refractivity contribution in [1.29, 1.82) is 0 Å². The predicted octanol–water partition coefficient (Wildman–Crippen LogP) is 4.53. The van der Waals surface area contributed by atoms with E-state index in [1.54, 1.807) is 13.8 Å². The first-order valence-corrected chi connectivity index (χ1v) is 22.1. The van der Waals surface area contributed by atoms with Gasteiger partial charge in [-0.2, -0.15) is 0 Å². The Morgan fingerprint density at radius 2 is 0.909 bits per heavy atom. The fourth-order valence-corrected chi connectivity index (χ4v) is 5.01. The molecule has 0 bridgehead atoms. The molecule has 6 N–H and O–H groups in total. The molecule has 0 saturated carbocycles. The molecule has 2 amide bonds. The standard InChI is InChI=1S/C22H48N2O4Si2.C10H24N2O2/c1-13-17(15-27-29(9,10)21(3,4)5)23-19(25)20(26)24-18(14-2)16-28-30(11,12)22(6,7)8;1-3-9(7-13)11-5-6-12-10(4-2)8-14/h17-18H,13-16H2,1-12H3,(H,23,25)(H,24,26);9-14H,3-8H2,1-2H3/t17-,18-;9-,10-/m00/s1/i;5D2,6D2. The highest BCUT2D eigenvalue weighted by Crippen LogP contribution is 2.37. The number of carbonyl (C=O) groups is 2. The van der Waals surface area contributed by atoms with Gasteiger partial charge < -0.3 is 40.3 Å². The van der Waals surface area contributed by atoms with Crippen molar-refractivity contribution in [2.45, 2.75) is 155 Å². The summed E-state index contributed by atoms with van der Waals surface area (Å²) in [6.45, 7) is 25.0. The van der Waals surface area contributed by atoms with E-state index in [1.807, 2.05) is 13.8 Å². The summed E-state index contributed by atoms with van der Waals surface area (Å²) in [7, 11) is -3.81. The van der Waals surface area contributed by atoms with Gasteiger partial charge in [0.05, 0.1) is 38.5 Å². The number of carbonyl (C=O) groups excluding carboxylic acids is 2. The van der Waals surface area contributed by atoms with Gasteiger partial charge in [-0.05, 0) is 61.9 Å². The molecule has 4 atom stereocenters. The summed E-state index contributed by atoms with van der Waals surface area (Å²) >= 11 is 0. The van der Waals surface area contributed by atoms with E-state index >= 15 is 0 Å². The first kappa shape index (κ1) is 37.6. The van der Waals surface area contributed by atoms with Crippen LogP contribution in [0.5, 0.6) is 0 Å². The van der Waals surface area contributed by atoms with Crippen molar-refractivity contribution in [2.75, 3.05) is 39.4 Å². The van der Waals surface area contributed by atoms with Gasteiger partial charge in [-0.3, -0.25) is 9.59 Å². The summed E-state index contributed by atoms with van der Waals surface area (Å²) in [5.41, 5.74) is 0. The molecular weight excluding hydrogens is 593 g/mol. The third kappa shape index (κ3) is 18.3. The van der Waals surface area contributed by atoms with Crippen LogP contribution in [0.3, 0.4) is 0 Å². The fourth-order valence-electron chi connectivity index (χ4n) is 2.91. The van der Waals surface area contributed by atoms with Gasteiger partial charge in [0.25, 0.3) is 0 Å². The molecule has 44 heavy (non-hydrogen) atoms. The zero-order valence-electron chi connectivity index (χ0n) is 34.5. The Hall–Kier alpha value is -0.866. The topological polar surface area (TPSA) is 141 Å². The van der Waals surface area contributed by atoms with Gasteiger partial charge in [0.2, 0.25) is 0 Å². The smallest absolute Gasteiger partial charge is 0.309 e. The molecule has 0 rings (SSSR count). The molecule has 0 unspecified atom stereocenters. The van der Waals surface area contributed by atoms with Crippen molar-refractivity contribution in [3.63, 3.8) is 0 Å². The fraction of sp³-hybridized carbons (Fsp3) is 0.938. The summed E-state index contributed by atoms with van der Waals surface area (Å²) in [4.78, 5) is 24.9. The molecule has 0 saturated heterocycles. The molecule has 0 aromatic heterocycles. The Balaban J connectivity index is 0. The van der Waals surface area contributed by atoms with Crippen LogP contribution in [0.4, 0.5) is 0 Å². The molecule has 12 heteroatoms. The number of aliphatic hydroxyl groups is 2. The third-order valence-corrected chi connectivity index (χ3v) is 17.8. The minimum atomic E-state index is -2.35. The Morgan fingerprint density at radius 3 is 1.11 bits per heavy atom. The third-order valence-electron chi connectivity index (χ3n) is 8.81. The summed E-state index contributed by atoms with van der Waals surface area (Å²) in [5.74, 6) is -1.21. The van der Waals surface area contributed by atoms with Crippen molar-refractivity contribution in [3.05, 3.63) is 0 Å². The second kappa shape index (κ2) is 21.8. The minimum absolute atomic E-state index is 0.102. The van der Waals surface area contributed by atoms with Crippen molar-refractivity contribution >= 4 is 28.4 Å². The molecule has 264 valence electrons. The lowest BCUT2D eigenvalue weighted by atomic mass is 10.2. The molecular formula is C32H72N4O6Si2. The maximum absolute atomic E-state index is 12.4. The zero-order valence-corrected chi connectivity index (χ0v) is 32.5. The van der Waals surface area contributed by atoms with Gasteiger partial charge in [-0.15, -0.1) is 0 Å². The largest absolute Gasteiger partial charge is 0.415 e. The summed E-state index contributed by atoms with van der Waals surface area (Å²) in [6, 6.07) is -1.38. The average Bonchev–Trinajstić information content (AvgIpc) is 2.97. The van der Waals surface area contributed by atoms with E-state index in [1.165, 1.54) is 0 Å². The van der Waals surface area contributed by atoms with E-state index in [-0.39, 0.29) is 35.4 Å². The maximum atomic E-state index is 12.4. The Bertz CT molecular complexity index is 869. The highest BCUT2D eigenvalue weighted by atomic mass is 28.4. The molecule has 0 fully saturated rings. The highest BCUT2D eigenvalue weighted by Gasteiger charge is 2.39. The number of aliphatic hydroxyl groups excluding tert-OH is 2. The van der Waals surface area contributed by atoms with E-state index in [2.05, 4.69) is 89.0 Å². The molecule has 0 aliphatic carbocycles. The molecule has 10 nitrogen and oxygen atoms in total. The van der Waals surface area contributed by atoms with E-state index in [9.17, 15) is 9.59 Å². The number of hydrogen-bond donors (Lipinski definition) is 6. The number of rotatable bonds is 19. The molecule has 0 heterocycles. The molecule has 0 aliphatic rings. The lowest BCUT2D eigenvalue weighted by Gasteiger charge is -2.37. The van der Waals surface area contributed by atoms with Gasteiger partial charge in [0.1, 0.15) is 0 Å². The summed E-state index contributed by atoms with van der Waals surface area (Å²) < 4.78 is 43.4. The van der Waals surface area contributed by atoms with Crippen LogP contribution in [0.25, 0.3) is 0 Å². The van der Waals surface area contributed by atoms with Crippen molar-refractivity contribution in [3.8, 4) is 0 Å².